The van der Waals surface area contributed by atoms with Crippen LogP contribution in [0.1, 0.15) is 5.56 Å². The molecule has 2 aromatic carbocycles. The summed E-state index contributed by atoms with van der Waals surface area (Å²) < 4.78 is 34.9. The van der Waals surface area contributed by atoms with Crippen LogP contribution in [0, 0.1) is 5.82 Å². The van der Waals surface area contributed by atoms with Gasteiger partial charge < -0.3 is 18.6 Å². The number of thioether (sulfide) groups is 1. The summed E-state index contributed by atoms with van der Waals surface area (Å²) in [5.41, 5.74) is 1.48. The number of benzene rings is 2. The van der Waals surface area contributed by atoms with Gasteiger partial charge in [0.15, 0.2) is 11.5 Å². The Balaban J connectivity index is 1.81. The third kappa shape index (κ3) is 3.91. The Morgan fingerprint density at radius 2 is 1.73 bits per heavy atom. The van der Waals surface area contributed by atoms with Crippen molar-refractivity contribution in [3.05, 3.63) is 47.8 Å². The van der Waals surface area contributed by atoms with Crippen LogP contribution in [0.3, 0.4) is 0 Å². The highest BCUT2D eigenvalue weighted by molar-refractivity contribution is 7.98. The van der Waals surface area contributed by atoms with Crippen molar-refractivity contribution in [2.24, 2.45) is 0 Å². The van der Waals surface area contributed by atoms with E-state index >= 15 is 0 Å². The number of hydrogen-bond acceptors (Lipinski definition) is 7. The van der Waals surface area contributed by atoms with Crippen molar-refractivity contribution >= 4 is 11.8 Å². The van der Waals surface area contributed by atoms with Crippen LogP contribution >= 0.6 is 11.8 Å². The third-order valence-corrected chi connectivity index (χ3v) is 4.46. The molecule has 0 radical (unpaired) electrons. The van der Waals surface area contributed by atoms with E-state index in [0.29, 0.717) is 39.7 Å². The highest BCUT2D eigenvalue weighted by Crippen LogP contribution is 2.41. The lowest BCUT2D eigenvalue weighted by Crippen LogP contribution is -1.95. The summed E-state index contributed by atoms with van der Waals surface area (Å²) in [6.07, 6.45) is 0. The lowest BCUT2D eigenvalue weighted by Gasteiger charge is -2.12. The van der Waals surface area contributed by atoms with Crippen molar-refractivity contribution < 1.29 is 23.0 Å². The van der Waals surface area contributed by atoms with E-state index in [9.17, 15) is 4.39 Å². The third-order valence-electron chi connectivity index (χ3n) is 3.57. The molecule has 0 fully saturated rings. The molecule has 8 heteroatoms. The van der Waals surface area contributed by atoms with Crippen LogP contribution in [0.2, 0.25) is 0 Å². The van der Waals surface area contributed by atoms with Gasteiger partial charge in [-0.25, -0.2) is 4.39 Å². The summed E-state index contributed by atoms with van der Waals surface area (Å²) in [5.74, 6) is 2.05. The molecule has 0 unspecified atom stereocenters. The Morgan fingerprint density at radius 3 is 2.35 bits per heavy atom. The van der Waals surface area contributed by atoms with Gasteiger partial charge in [0.25, 0.3) is 5.22 Å². The molecule has 26 heavy (non-hydrogen) atoms. The molecule has 0 spiro atoms. The molecule has 0 bridgehead atoms. The molecule has 1 heterocycles. The quantitative estimate of drug-likeness (QED) is 0.573. The van der Waals surface area contributed by atoms with Gasteiger partial charge in [-0.1, -0.05) is 23.9 Å². The van der Waals surface area contributed by atoms with E-state index in [2.05, 4.69) is 10.2 Å². The normalized spacial score (nSPS) is 10.6. The Kier molecular flexibility index (Phi) is 5.62. The molecule has 0 aliphatic carbocycles. The SMILES string of the molecule is COc1cc(-c2nnc(SCc3cccc(F)c3)o2)cc(OC)c1OC. The number of methoxy groups -OCH3 is 3. The lowest BCUT2D eigenvalue weighted by atomic mass is 10.2. The van der Waals surface area contributed by atoms with Crippen molar-refractivity contribution in [2.75, 3.05) is 21.3 Å². The minimum absolute atomic E-state index is 0.272. The molecule has 3 aromatic rings. The second kappa shape index (κ2) is 8.09. The fraction of sp³-hybridized carbons (Fsp3) is 0.222. The van der Waals surface area contributed by atoms with Crippen molar-refractivity contribution in [1.82, 2.24) is 10.2 Å². The molecule has 1 aromatic heterocycles. The molecule has 0 aliphatic heterocycles. The zero-order valence-corrected chi connectivity index (χ0v) is 15.3. The second-order valence-electron chi connectivity index (χ2n) is 5.21. The number of aromatic nitrogens is 2. The molecule has 0 saturated heterocycles. The first-order valence-corrected chi connectivity index (χ1v) is 8.64. The molecule has 0 amide bonds. The van der Waals surface area contributed by atoms with Gasteiger partial charge in [0.05, 0.1) is 21.3 Å². The number of rotatable bonds is 7. The fourth-order valence-electron chi connectivity index (χ4n) is 2.36. The zero-order chi connectivity index (χ0) is 18.5. The highest BCUT2D eigenvalue weighted by atomic mass is 32.2. The van der Waals surface area contributed by atoms with Gasteiger partial charge in [-0.3, -0.25) is 0 Å². The Hall–Kier alpha value is -2.74. The van der Waals surface area contributed by atoms with E-state index < -0.39 is 0 Å². The monoisotopic (exact) mass is 376 g/mol. The minimum atomic E-state index is -0.272. The van der Waals surface area contributed by atoms with Crippen LogP contribution < -0.4 is 14.2 Å². The van der Waals surface area contributed by atoms with Crippen LogP contribution in [0.15, 0.2) is 46.0 Å². The predicted octanol–water partition coefficient (Wildman–Crippen LogP) is 4.19. The van der Waals surface area contributed by atoms with E-state index in [4.69, 9.17) is 18.6 Å². The lowest BCUT2D eigenvalue weighted by molar-refractivity contribution is 0.324. The van der Waals surface area contributed by atoms with Crippen LogP contribution in [-0.2, 0) is 5.75 Å². The molecule has 136 valence electrons. The summed E-state index contributed by atoms with van der Waals surface area (Å²) in [4.78, 5) is 0. The van der Waals surface area contributed by atoms with E-state index in [1.54, 1.807) is 18.2 Å². The molecular weight excluding hydrogens is 359 g/mol. The van der Waals surface area contributed by atoms with Gasteiger partial charge in [0, 0.05) is 11.3 Å². The smallest absolute Gasteiger partial charge is 0.277 e. The molecule has 6 nitrogen and oxygen atoms in total. The maximum atomic E-state index is 13.2. The van der Waals surface area contributed by atoms with E-state index in [1.165, 1.54) is 45.2 Å². The Bertz CT molecular complexity index is 875. The average molecular weight is 376 g/mol. The second-order valence-corrected chi connectivity index (χ2v) is 6.13. The number of hydrogen-bond donors (Lipinski definition) is 0. The van der Waals surface area contributed by atoms with Crippen LogP contribution in [0.25, 0.3) is 11.5 Å². The summed E-state index contributed by atoms with van der Waals surface area (Å²) in [6.45, 7) is 0. The van der Waals surface area contributed by atoms with Gasteiger partial charge >= 0.3 is 0 Å². The van der Waals surface area contributed by atoms with E-state index in [0.717, 1.165) is 5.56 Å². The maximum Gasteiger partial charge on any atom is 0.277 e. The molecule has 0 saturated carbocycles. The first-order chi connectivity index (χ1) is 12.6. The van der Waals surface area contributed by atoms with Crippen LogP contribution in [0.4, 0.5) is 4.39 Å². The minimum Gasteiger partial charge on any atom is -0.493 e. The summed E-state index contributed by atoms with van der Waals surface area (Å²) in [5, 5.41) is 8.47. The molecule has 0 aliphatic rings. The highest BCUT2D eigenvalue weighted by Gasteiger charge is 2.17. The number of ether oxygens (including phenoxy) is 3. The largest absolute Gasteiger partial charge is 0.493 e. The van der Waals surface area contributed by atoms with Crippen LogP contribution in [-0.4, -0.2) is 31.5 Å². The molecule has 0 atom stereocenters. The van der Waals surface area contributed by atoms with Gasteiger partial charge in [-0.15, -0.1) is 10.2 Å². The van der Waals surface area contributed by atoms with E-state index in [1.807, 2.05) is 6.07 Å². The van der Waals surface area contributed by atoms with Crippen molar-refractivity contribution in [3.8, 4) is 28.7 Å². The Morgan fingerprint density at radius 1 is 1.00 bits per heavy atom. The molecular formula is C18H17FN2O4S. The fourth-order valence-corrected chi connectivity index (χ4v) is 3.07. The Labute approximate surface area is 154 Å². The van der Waals surface area contributed by atoms with Crippen molar-refractivity contribution in [2.45, 2.75) is 11.0 Å². The summed E-state index contributed by atoms with van der Waals surface area (Å²) in [6, 6.07) is 9.85. The van der Waals surface area contributed by atoms with Crippen LogP contribution in [0.5, 0.6) is 17.2 Å². The van der Waals surface area contributed by atoms with Gasteiger partial charge in [0.2, 0.25) is 11.6 Å². The van der Waals surface area contributed by atoms with Crippen molar-refractivity contribution in [1.29, 1.82) is 0 Å². The predicted molar refractivity (Wildman–Crippen MR) is 95.4 cm³/mol. The van der Waals surface area contributed by atoms with E-state index in [-0.39, 0.29) is 5.82 Å². The molecule has 0 N–H and O–H groups in total. The number of nitrogens with zero attached hydrogens (tertiary/aromatic N) is 2. The average Bonchev–Trinajstić information content (AvgIpc) is 3.14. The topological polar surface area (TPSA) is 66.6 Å². The maximum absolute atomic E-state index is 13.2. The first-order valence-electron chi connectivity index (χ1n) is 7.65. The van der Waals surface area contributed by atoms with Gasteiger partial charge in [-0.05, 0) is 29.8 Å². The van der Waals surface area contributed by atoms with Gasteiger partial charge in [-0.2, -0.15) is 0 Å². The number of halogens is 1. The summed E-state index contributed by atoms with van der Waals surface area (Å²) >= 11 is 1.33. The molecule has 3 rings (SSSR count). The van der Waals surface area contributed by atoms with Gasteiger partial charge in [0.1, 0.15) is 5.82 Å². The first kappa shape index (κ1) is 18.1. The summed E-state index contributed by atoms with van der Waals surface area (Å²) in [7, 11) is 4.61. The zero-order valence-electron chi connectivity index (χ0n) is 14.5. The van der Waals surface area contributed by atoms with Crippen molar-refractivity contribution in [3.63, 3.8) is 0 Å². The standard InChI is InChI=1S/C18H17FN2O4S/c1-22-14-8-12(9-15(23-2)16(14)24-3)17-20-21-18(25-17)26-10-11-5-4-6-13(19)7-11/h4-9H,10H2,1-3H3.